The topological polar surface area (TPSA) is 37.3 Å². The Hall–Kier alpha value is -1.13. The standard InChI is InChI=1S/C15H13BrO2S/c16-12-8-13(19-9-12)7-10-1-3-11(4-2-10)15(5-6-15)14(17)18/h1-4,8-9H,5-7H2,(H,17,18). The lowest BCUT2D eigenvalue weighted by atomic mass is 9.95. The summed E-state index contributed by atoms with van der Waals surface area (Å²) in [5, 5.41) is 11.3. The van der Waals surface area contributed by atoms with E-state index in [2.05, 4.69) is 27.4 Å². The summed E-state index contributed by atoms with van der Waals surface area (Å²) >= 11 is 5.18. The third kappa shape index (κ3) is 2.47. The minimum Gasteiger partial charge on any atom is -0.481 e. The maximum Gasteiger partial charge on any atom is 0.314 e. The molecule has 19 heavy (non-hydrogen) atoms. The van der Waals surface area contributed by atoms with Gasteiger partial charge in [0.25, 0.3) is 0 Å². The molecule has 0 bridgehead atoms. The second-order valence-electron chi connectivity index (χ2n) is 4.99. The molecule has 2 nitrogen and oxygen atoms in total. The van der Waals surface area contributed by atoms with Gasteiger partial charge in [0.05, 0.1) is 5.41 Å². The first kappa shape index (κ1) is 12.9. The summed E-state index contributed by atoms with van der Waals surface area (Å²) in [6, 6.07) is 10.2. The van der Waals surface area contributed by atoms with Crippen LogP contribution in [0.15, 0.2) is 40.2 Å². The van der Waals surface area contributed by atoms with Gasteiger partial charge in [-0.25, -0.2) is 0 Å². The van der Waals surface area contributed by atoms with E-state index in [-0.39, 0.29) is 0 Å². The number of hydrogen-bond donors (Lipinski definition) is 1. The average molecular weight is 337 g/mol. The van der Waals surface area contributed by atoms with Crippen molar-refractivity contribution in [2.45, 2.75) is 24.7 Å². The van der Waals surface area contributed by atoms with Gasteiger partial charge in [-0.3, -0.25) is 4.79 Å². The molecule has 0 spiro atoms. The van der Waals surface area contributed by atoms with Crippen molar-refractivity contribution >= 4 is 33.2 Å². The van der Waals surface area contributed by atoms with E-state index in [1.807, 2.05) is 24.3 Å². The van der Waals surface area contributed by atoms with E-state index in [0.29, 0.717) is 0 Å². The van der Waals surface area contributed by atoms with Crippen LogP contribution in [0, 0.1) is 0 Å². The lowest BCUT2D eigenvalue weighted by molar-refractivity contribution is -0.140. The predicted molar refractivity (Wildman–Crippen MR) is 79.8 cm³/mol. The molecule has 4 heteroatoms. The van der Waals surface area contributed by atoms with Crippen molar-refractivity contribution in [2.24, 2.45) is 0 Å². The highest BCUT2D eigenvalue weighted by Crippen LogP contribution is 2.48. The van der Waals surface area contributed by atoms with Crippen LogP contribution >= 0.6 is 27.3 Å². The van der Waals surface area contributed by atoms with Crippen molar-refractivity contribution in [1.29, 1.82) is 0 Å². The lowest BCUT2D eigenvalue weighted by Crippen LogP contribution is -2.19. The largest absolute Gasteiger partial charge is 0.481 e. The molecular formula is C15H13BrO2S. The molecule has 0 aliphatic heterocycles. The first-order valence-electron chi connectivity index (χ1n) is 6.16. The molecule has 1 aliphatic rings. The zero-order chi connectivity index (χ0) is 13.5. The molecule has 1 heterocycles. The van der Waals surface area contributed by atoms with Gasteiger partial charge in [0, 0.05) is 21.2 Å². The molecule has 1 fully saturated rings. The van der Waals surface area contributed by atoms with E-state index < -0.39 is 11.4 Å². The van der Waals surface area contributed by atoms with E-state index >= 15 is 0 Å². The summed E-state index contributed by atoms with van der Waals surface area (Å²) in [4.78, 5) is 12.6. The summed E-state index contributed by atoms with van der Waals surface area (Å²) in [6.45, 7) is 0. The minimum absolute atomic E-state index is 0.593. The maximum absolute atomic E-state index is 11.3. The van der Waals surface area contributed by atoms with Crippen molar-refractivity contribution in [3.05, 3.63) is 56.2 Å². The molecule has 0 saturated heterocycles. The molecule has 2 aromatic rings. The van der Waals surface area contributed by atoms with Crippen LogP contribution in [-0.2, 0) is 16.6 Å². The highest BCUT2D eigenvalue weighted by molar-refractivity contribution is 9.10. The van der Waals surface area contributed by atoms with Crippen molar-refractivity contribution < 1.29 is 9.90 Å². The zero-order valence-electron chi connectivity index (χ0n) is 10.2. The van der Waals surface area contributed by atoms with Crippen LogP contribution in [0.25, 0.3) is 0 Å². The van der Waals surface area contributed by atoms with Gasteiger partial charge in [0.2, 0.25) is 0 Å². The van der Waals surface area contributed by atoms with Gasteiger partial charge in [-0.05, 0) is 46.0 Å². The Labute approximate surface area is 124 Å². The van der Waals surface area contributed by atoms with Gasteiger partial charge in [-0.1, -0.05) is 24.3 Å². The van der Waals surface area contributed by atoms with Crippen molar-refractivity contribution in [3.63, 3.8) is 0 Å². The highest BCUT2D eigenvalue weighted by atomic mass is 79.9. The molecule has 0 atom stereocenters. The summed E-state index contributed by atoms with van der Waals surface area (Å²) in [5.41, 5.74) is 1.57. The fraction of sp³-hybridized carbons (Fsp3) is 0.267. The Bertz CT molecular complexity index is 611. The van der Waals surface area contributed by atoms with Crippen LogP contribution in [0.3, 0.4) is 0 Å². The van der Waals surface area contributed by atoms with Crippen LogP contribution in [0.5, 0.6) is 0 Å². The molecule has 1 aromatic heterocycles. The molecule has 98 valence electrons. The summed E-state index contributed by atoms with van der Waals surface area (Å²) in [5.74, 6) is -0.692. The predicted octanol–water partition coefficient (Wildman–Crippen LogP) is 4.22. The highest BCUT2D eigenvalue weighted by Gasteiger charge is 2.51. The zero-order valence-corrected chi connectivity index (χ0v) is 12.6. The molecule has 0 amide bonds. The van der Waals surface area contributed by atoms with Crippen molar-refractivity contribution in [2.75, 3.05) is 0 Å². The average Bonchev–Trinajstić information content (AvgIpc) is 3.10. The monoisotopic (exact) mass is 336 g/mol. The van der Waals surface area contributed by atoms with Crippen LogP contribution < -0.4 is 0 Å². The Morgan fingerprint density at radius 3 is 2.47 bits per heavy atom. The normalized spacial score (nSPS) is 16.3. The fourth-order valence-corrected chi connectivity index (χ4v) is 3.83. The van der Waals surface area contributed by atoms with E-state index in [4.69, 9.17) is 0 Å². The second-order valence-corrected chi connectivity index (χ2v) is 6.90. The van der Waals surface area contributed by atoms with E-state index in [0.717, 1.165) is 29.3 Å². The Balaban J connectivity index is 1.78. The van der Waals surface area contributed by atoms with Crippen molar-refractivity contribution in [1.82, 2.24) is 0 Å². The smallest absolute Gasteiger partial charge is 0.314 e. The van der Waals surface area contributed by atoms with E-state index in [1.165, 1.54) is 10.4 Å². The number of hydrogen-bond acceptors (Lipinski definition) is 2. The Morgan fingerprint density at radius 2 is 2.00 bits per heavy atom. The fourth-order valence-electron chi connectivity index (χ4n) is 2.34. The molecule has 1 aliphatic carbocycles. The quantitative estimate of drug-likeness (QED) is 0.907. The molecule has 0 radical (unpaired) electrons. The van der Waals surface area contributed by atoms with Gasteiger partial charge in [0.1, 0.15) is 0 Å². The number of benzene rings is 1. The number of thiophene rings is 1. The summed E-state index contributed by atoms with van der Waals surface area (Å²) in [7, 11) is 0. The van der Waals surface area contributed by atoms with Gasteiger partial charge >= 0.3 is 5.97 Å². The van der Waals surface area contributed by atoms with E-state index in [1.54, 1.807) is 11.3 Å². The lowest BCUT2D eigenvalue weighted by Gasteiger charge is -2.10. The maximum atomic E-state index is 11.3. The SMILES string of the molecule is O=C(O)C1(c2ccc(Cc3cc(Br)cs3)cc2)CC1. The third-order valence-corrected chi connectivity index (χ3v) is 5.36. The number of aliphatic carboxylic acids is 1. The Kier molecular flexibility index (Phi) is 3.23. The number of carboxylic acids is 1. The number of halogens is 1. The summed E-state index contributed by atoms with van der Waals surface area (Å²) in [6.07, 6.45) is 2.43. The van der Waals surface area contributed by atoms with Gasteiger partial charge in [-0.15, -0.1) is 11.3 Å². The van der Waals surface area contributed by atoms with Crippen LogP contribution in [0.1, 0.15) is 28.8 Å². The number of rotatable bonds is 4. The van der Waals surface area contributed by atoms with Crippen LogP contribution in [0.4, 0.5) is 0 Å². The Morgan fingerprint density at radius 1 is 1.32 bits per heavy atom. The van der Waals surface area contributed by atoms with Crippen LogP contribution in [-0.4, -0.2) is 11.1 Å². The van der Waals surface area contributed by atoms with Crippen LogP contribution in [0.2, 0.25) is 0 Å². The number of carbonyl (C=O) groups is 1. The van der Waals surface area contributed by atoms with Crippen molar-refractivity contribution in [3.8, 4) is 0 Å². The van der Waals surface area contributed by atoms with E-state index in [9.17, 15) is 9.90 Å². The molecule has 3 rings (SSSR count). The van der Waals surface area contributed by atoms with Gasteiger partial charge in [0.15, 0.2) is 0 Å². The molecule has 1 aromatic carbocycles. The van der Waals surface area contributed by atoms with Gasteiger partial charge in [-0.2, -0.15) is 0 Å². The first-order valence-corrected chi connectivity index (χ1v) is 7.83. The van der Waals surface area contributed by atoms with Gasteiger partial charge < -0.3 is 5.11 Å². The molecule has 0 unspecified atom stereocenters. The number of carboxylic acid groups (broad SMARTS) is 1. The first-order chi connectivity index (χ1) is 9.10. The second kappa shape index (κ2) is 4.76. The summed E-state index contributed by atoms with van der Waals surface area (Å²) < 4.78 is 1.12. The molecule has 1 saturated carbocycles. The minimum atomic E-state index is -0.692. The third-order valence-electron chi connectivity index (χ3n) is 3.67. The molecule has 1 N–H and O–H groups in total. The molecular weight excluding hydrogens is 324 g/mol.